The number of nitrogens with one attached hydrogen (secondary N) is 1. The van der Waals surface area contributed by atoms with Crippen LogP contribution in [-0.4, -0.2) is 56.9 Å². The van der Waals surface area contributed by atoms with E-state index in [0.717, 1.165) is 13.1 Å². The van der Waals surface area contributed by atoms with Crippen molar-refractivity contribution < 1.29 is 19.1 Å². The lowest BCUT2D eigenvalue weighted by Gasteiger charge is -2.21. The van der Waals surface area contributed by atoms with Crippen LogP contribution in [-0.2, 0) is 19.1 Å². The molecule has 0 aliphatic heterocycles. The molecule has 7 heteroatoms. The maximum Gasteiger partial charge on any atom is 0.327 e. The quantitative estimate of drug-likeness (QED) is 0.283. The Labute approximate surface area is 108 Å². The first-order valence-electron chi connectivity index (χ1n) is 6.27. The number of nitrogens with two attached hydrogens (primary N) is 1. The van der Waals surface area contributed by atoms with Gasteiger partial charge in [-0.1, -0.05) is 5.59 Å². The van der Waals surface area contributed by atoms with Crippen molar-refractivity contribution in [2.24, 2.45) is 5.84 Å². The predicted octanol–water partition coefficient (Wildman–Crippen LogP) is -0.327. The van der Waals surface area contributed by atoms with Crippen molar-refractivity contribution >= 4 is 5.97 Å². The zero-order valence-corrected chi connectivity index (χ0v) is 11.3. The molecule has 0 aromatic carbocycles. The summed E-state index contributed by atoms with van der Waals surface area (Å²) >= 11 is 0. The van der Waals surface area contributed by atoms with Gasteiger partial charge in [0.05, 0.1) is 19.6 Å². The zero-order chi connectivity index (χ0) is 13.6. The minimum atomic E-state index is -0.379. The van der Waals surface area contributed by atoms with E-state index in [1.54, 1.807) is 0 Å². The van der Waals surface area contributed by atoms with E-state index >= 15 is 0 Å². The van der Waals surface area contributed by atoms with Gasteiger partial charge in [0.1, 0.15) is 0 Å². The molecule has 0 spiro atoms. The summed E-state index contributed by atoms with van der Waals surface area (Å²) in [6, 6.07) is 0. The van der Waals surface area contributed by atoms with Crippen molar-refractivity contribution in [1.82, 2.24) is 10.5 Å². The molecule has 3 N–H and O–H groups in total. The van der Waals surface area contributed by atoms with Gasteiger partial charge in [-0.25, -0.2) is 5.84 Å². The van der Waals surface area contributed by atoms with Crippen LogP contribution in [0.1, 0.15) is 20.3 Å². The van der Waals surface area contributed by atoms with Crippen LogP contribution in [0.3, 0.4) is 0 Å². The molecule has 0 amide bonds. The summed E-state index contributed by atoms with van der Waals surface area (Å²) in [6.45, 7) is 8.72. The molecule has 0 rings (SSSR count). The molecule has 108 valence electrons. The number of nitrogens with zero attached hydrogens (tertiary/aromatic N) is 1. The second kappa shape index (κ2) is 12.7. The highest BCUT2D eigenvalue weighted by Crippen LogP contribution is 1.94. The van der Waals surface area contributed by atoms with Crippen molar-refractivity contribution in [2.45, 2.75) is 20.3 Å². The van der Waals surface area contributed by atoms with Gasteiger partial charge in [0.15, 0.2) is 0 Å². The van der Waals surface area contributed by atoms with Crippen molar-refractivity contribution in [2.75, 3.05) is 46.1 Å². The van der Waals surface area contributed by atoms with Crippen LogP contribution in [0, 0.1) is 0 Å². The summed E-state index contributed by atoms with van der Waals surface area (Å²) in [7, 11) is 0. The van der Waals surface area contributed by atoms with Crippen molar-refractivity contribution in [1.29, 1.82) is 0 Å². The number of carbonyl (C=O) groups excluding carboxylic acids is 1. The van der Waals surface area contributed by atoms with E-state index in [4.69, 9.17) is 15.3 Å². The van der Waals surface area contributed by atoms with Crippen molar-refractivity contribution in [3.8, 4) is 0 Å². The third-order valence-electron chi connectivity index (χ3n) is 2.32. The van der Waals surface area contributed by atoms with Gasteiger partial charge in [0, 0.05) is 32.8 Å². The number of rotatable bonds is 12. The Kier molecular flexibility index (Phi) is 12.2. The molecule has 0 saturated heterocycles. The molecule has 0 radical (unpaired) electrons. The Morgan fingerprint density at radius 3 is 2.11 bits per heavy atom. The van der Waals surface area contributed by atoms with Gasteiger partial charge in [0.2, 0.25) is 0 Å². The number of hydrogen-bond donors (Lipinski definition) is 2. The average Bonchev–Trinajstić information content (AvgIpc) is 2.36. The largest absolute Gasteiger partial charge is 0.380 e. The monoisotopic (exact) mass is 263 g/mol. The summed E-state index contributed by atoms with van der Waals surface area (Å²) in [5.74, 6) is 4.51. The molecule has 0 fully saturated rings. The highest BCUT2D eigenvalue weighted by atomic mass is 16.7. The Hall–Kier alpha value is -0.730. The van der Waals surface area contributed by atoms with E-state index in [-0.39, 0.29) is 12.4 Å². The zero-order valence-electron chi connectivity index (χ0n) is 11.3. The maximum atomic E-state index is 11.2. The van der Waals surface area contributed by atoms with E-state index in [0.29, 0.717) is 33.0 Å². The van der Waals surface area contributed by atoms with Crippen LogP contribution < -0.4 is 11.4 Å². The Bertz CT molecular complexity index is 195. The maximum absolute atomic E-state index is 11.2. The Morgan fingerprint density at radius 1 is 1.11 bits per heavy atom. The molecule has 0 aromatic rings. The number of carbonyl (C=O) groups is 1. The second-order valence-corrected chi connectivity index (χ2v) is 3.58. The lowest BCUT2D eigenvalue weighted by Crippen LogP contribution is -2.34. The molecule has 0 heterocycles. The SMILES string of the molecule is CCOCCN(CCOCC)CCC(=O)ONN. The number of ether oxygens (including phenoxy) is 2. The van der Waals surface area contributed by atoms with Gasteiger partial charge in [-0.2, -0.15) is 0 Å². The van der Waals surface area contributed by atoms with Crippen molar-refractivity contribution in [3.63, 3.8) is 0 Å². The highest BCUT2D eigenvalue weighted by Gasteiger charge is 2.09. The van der Waals surface area contributed by atoms with Gasteiger partial charge in [-0.3, -0.25) is 9.69 Å². The van der Waals surface area contributed by atoms with Crippen molar-refractivity contribution in [3.05, 3.63) is 0 Å². The molecular weight excluding hydrogens is 238 g/mol. The van der Waals surface area contributed by atoms with E-state index < -0.39 is 0 Å². The van der Waals surface area contributed by atoms with Gasteiger partial charge >= 0.3 is 5.97 Å². The normalized spacial score (nSPS) is 10.9. The highest BCUT2D eigenvalue weighted by molar-refractivity contribution is 5.69. The minimum absolute atomic E-state index is 0.280. The summed E-state index contributed by atoms with van der Waals surface area (Å²) in [5, 5.41) is 0. The molecule has 0 saturated carbocycles. The fraction of sp³-hybridized carbons (Fsp3) is 0.909. The van der Waals surface area contributed by atoms with E-state index in [1.807, 2.05) is 19.4 Å². The Balaban J connectivity index is 3.83. The third-order valence-corrected chi connectivity index (χ3v) is 2.32. The standard InChI is InChI=1S/C11H25N3O4/c1-3-16-9-7-14(8-10-17-4-2)6-5-11(15)18-13-12/h13H,3-10,12H2,1-2H3. The summed E-state index contributed by atoms with van der Waals surface area (Å²) in [6.07, 6.45) is 0.280. The first-order chi connectivity index (χ1) is 8.74. The summed E-state index contributed by atoms with van der Waals surface area (Å²) < 4.78 is 10.6. The molecule has 0 atom stereocenters. The molecule has 7 nitrogen and oxygen atoms in total. The minimum Gasteiger partial charge on any atom is -0.380 e. The molecule has 0 aromatic heterocycles. The molecule has 0 aliphatic carbocycles. The predicted molar refractivity (Wildman–Crippen MR) is 67.5 cm³/mol. The lowest BCUT2D eigenvalue weighted by molar-refractivity contribution is -0.151. The first-order valence-corrected chi connectivity index (χ1v) is 6.27. The second-order valence-electron chi connectivity index (χ2n) is 3.58. The van der Waals surface area contributed by atoms with E-state index in [9.17, 15) is 4.79 Å². The molecular formula is C11H25N3O4. The number of hydrogen-bond acceptors (Lipinski definition) is 7. The van der Waals surface area contributed by atoms with Crippen LogP contribution in [0.4, 0.5) is 0 Å². The Morgan fingerprint density at radius 2 is 1.67 bits per heavy atom. The third kappa shape index (κ3) is 10.4. The van der Waals surface area contributed by atoms with Crippen LogP contribution in [0.25, 0.3) is 0 Å². The number of hydrazine groups is 1. The fourth-order valence-electron chi connectivity index (χ4n) is 1.38. The van der Waals surface area contributed by atoms with Gasteiger partial charge in [0.25, 0.3) is 0 Å². The molecule has 18 heavy (non-hydrogen) atoms. The molecule has 0 aliphatic rings. The van der Waals surface area contributed by atoms with E-state index in [2.05, 4.69) is 9.74 Å². The first kappa shape index (κ1) is 17.3. The topological polar surface area (TPSA) is 86.0 Å². The van der Waals surface area contributed by atoms with Crippen LogP contribution in [0.15, 0.2) is 0 Å². The summed E-state index contributed by atoms with van der Waals surface area (Å²) in [4.78, 5) is 17.7. The smallest absolute Gasteiger partial charge is 0.327 e. The van der Waals surface area contributed by atoms with Crippen LogP contribution in [0.2, 0.25) is 0 Å². The van der Waals surface area contributed by atoms with Crippen LogP contribution >= 0.6 is 0 Å². The molecule has 0 bridgehead atoms. The average molecular weight is 263 g/mol. The van der Waals surface area contributed by atoms with Gasteiger partial charge in [-0.05, 0) is 13.8 Å². The van der Waals surface area contributed by atoms with Crippen LogP contribution in [0.5, 0.6) is 0 Å². The van der Waals surface area contributed by atoms with Gasteiger partial charge < -0.3 is 14.3 Å². The molecule has 0 unspecified atom stereocenters. The lowest BCUT2D eigenvalue weighted by atomic mass is 10.3. The van der Waals surface area contributed by atoms with E-state index in [1.165, 1.54) is 0 Å². The fourth-order valence-corrected chi connectivity index (χ4v) is 1.38. The summed E-state index contributed by atoms with van der Waals surface area (Å²) in [5.41, 5.74) is 1.88. The van der Waals surface area contributed by atoms with Gasteiger partial charge in [-0.15, -0.1) is 0 Å².